The molecule has 1 N–H and O–H groups in total. The largest absolute Gasteiger partial charge is 0.389 e. The highest BCUT2D eigenvalue weighted by Crippen LogP contribution is 2.74. The van der Waals surface area contributed by atoms with E-state index in [1.54, 1.807) is 0 Å². The van der Waals surface area contributed by atoms with Crippen LogP contribution in [0.25, 0.3) is 0 Å². The van der Waals surface area contributed by atoms with Crippen molar-refractivity contribution in [1.29, 1.82) is 0 Å². The monoisotopic (exact) mass is 276 g/mol. The molecule has 0 amide bonds. The number of rotatable bonds is 0. The molecule has 1 nitrogen and oxygen atoms in total. The zero-order chi connectivity index (χ0) is 14.3. The first-order valence-electron chi connectivity index (χ1n) is 9.11. The van der Waals surface area contributed by atoms with Crippen molar-refractivity contribution in [2.45, 2.75) is 71.8 Å². The van der Waals surface area contributed by atoms with Gasteiger partial charge >= 0.3 is 0 Å². The molecule has 4 aliphatic carbocycles. The summed E-state index contributed by atoms with van der Waals surface area (Å²) in [6.45, 7) is 9.70. The third-order valence-electron chi connectivity index (χ3n) is 8.28. The van der Waals surface area contributed by atoms with Crippen molar-refractivity contribution in [3.63, 3.8) is 0 Å². The van der Waals surface area contributed by atoms with Crippen LogP contribution < -0.4 is 0 Å². The molecule has 0 radical (unpaired) electrons. The van der Waals surface area contributed by atoms with Crippen LogP contribution in [0.2, 0.25) is 0 Å². The van der Waals surface area contributed by atoms with E-state index < -0.39 is 0 Å². The number of hydrogen-bond acceptors (Lipinski definition) is 1. The summed E-state index contributed by atoms with van der Waals surface area (Å²) >= 11 is 0. The van der Waals surface area contributed by atoms with Crippen molar-refractivity contribution in [2.24, 2.45) is 46.8 Å². The Hall–Kier alpha value is -0.0400. The molecule has 0 saturated heterocycles. The Balaban J connectivity index is 1.75. The molecule has 4 fully saturated rings. The van der Waals surface area contributed by atoms with Gasteiger partial charge in [0.25, 0.3) is 0 Å². The highest BCUT2D eigenvalue weighted by Gasteiger charge is 2.74. The summed E-state index contributed by atoms with van der Waals surface area (Å²) in [5.41, 5.74) is -0.118. The van der Waals surface area contributed by atoms with Crippen LogP contribution in [0.3, 0.4) is 0 Å². The molecule has 0 aliphatic heterocycles. The maximum Gasteiger partial charge on any atom is 0.0739 e. The third kappa shape index (κ3) is 1.49. The lowest BCUT2D eigenvalue weighted by atomic mass is 9.46. The molecule has 4 saturated carbocycles. The van der Waals surface area contributed by atoms with Crippen molar-refractivity contribution in [3.8, 4) is 0 Å². The zero-order valence-electron chi connectivity index (χ0n) is 13.7. The van der Waals surface area contributed by atoms with Crippen molar-refractivity contribution in [1.82, 2.24) is 0 Å². The Bertz CT molecular complexity index is 418. The highest BCUT2D eigenvalue weighted by molar-refractivity contribution is 5.22. The molecule has 9 atom stereocenters. The Morgan fingerprint density at radius 1 is 1.00 bits per heavy atom. The van der Waals surface area contributed by atoms with Gasteiger partial charge in [0.1, 0.15) is 0 Å². The van der Waals surface area contributed by atoms with Crippen molar-refractivity contribution in [3.05, 3.63) is 0 Å². The number of fused-ring (bicyclic) bond motifs is 6. The minimum absolute atomic E-state index is 0.218. The minimum atomic E-state index is -0.337. The maximum atomic E-state index is 11.7. The predicted octanol–water partition coefficient (Wildman–Crippen LogP) is 4.49. The van der Waals surface area contributed by atoms with Gasteiger partial charge < -0.3 is 5.11 Å². The van der Waals surface area contributed by atoms with E-state index in [4.69, 9.17) is 0 Å². The van der Waals surface area contributed by atoms with Crippen LogP contribution in [0.5, 0.6) is 0 Å². The SMILES string of the molecule is CC1CCC2C(C1)C1C(C)C1C1(O)CC(C)CCC21C. The number of aliphatic hydroxyl groups is 1. The van der Waals surface area contributed by atoms with Gasteiger partial charge in [-0.25, -0.2) is 0 Å². The van der Waals surface area contributed by atoms with Gasteiger partial charge in [0.2, 0.25) is 0 Å². The van der Waals surface area contributed by atoms with E-state index >= 15 is 0 Å². The van der Waals surface area contributed by atoms with E-state index in [-0.39, 0.29) is 11.0 Å². The Morgan fingerprint density at radius 3 is 2.50 bits per heavy atom. The lowest BCUT2D eigenvalue weighted by molar-refractivity contribution is -0.204. The lowest BCUT2D eigenvalue weighted by Crippen LogP contribution is -2.61. The van der Waals surface area contributed by atoms with Gasteiger partial charge in [-0.1, -0.05) is 34.1 Å². The molecule has 4 aliphatic rings. The zero-order valence-corrected chi connectivity index (χ0v) is 13.7. The van der Waals surface area contributed by atoms with Crippen LogP contribution in [-0.4, -0.2) is 10.7 Å². The summed E-state index contributed by atoms with van der Waals surface area (Å²) in [7, 11) is 0. The molecule has 20 heavy (non-hydrogen) atoms. The predicted molar refractivity (Wildman–Crippen MR) is 82.2 cm³/mol. The molecule has 4 rings (SSSR count). The fourth-order valence-corrected chi connectivity index (χ4v) is 7.20. The molecular formula is C19H32O. The summed E-state index contributed by atoms with van der Waals surface area (Å²) in [6, 6.07) is 0. The quantitative estimate of drug-likeness (QED) is 0.691. The average molecular weight is 276 g/mol. The normalized spacial score (nSPS) is 65.0. The van der Waals surface area contributed by atoms with Gasteiger partial charge in [-0.15, -0.1) is 0 Å². The van der Waals surface area contributed by atoms with E-state index in [2.05, 4.69) is 27.7 Å². The van der Waals surface area contributed by atoms with Gasteiger partial charge in [0.15, 0.2) is 0 Å². The van der Waals surface area contributed by atoms with Crippen molar-refractivity contribution < 1.29 is 5.11 Å². The first-order valence-corrected chi connectivity index (χ1v) is 9.11. The second-order valence-corrected chi connectivity index (χ2v) is 9.34. The van der Waals surface area contributed by atoms with Gasteiger partial charge in [0.05, 0.1) is 5.60 Å². The third-order valence-corrected chi connectivity index (χ3v) is 8.28. The molecule has 0 heterocycles. The van der Waals surface area contributed by atoms with Crippen LogP contribution in [0.1, 0.15) is 66.2 Å². The molecular weight excluding hydrogens is 244 g/mol. The van der Waals surface area contributed by atoms with Crippen LogP contribution in [0.15, 0.2) is 0 Å². The minimum Gasteiger partial charge on any atom is -0.389 e. The Morgan fingerprint density at radius 2 is 1.75 bits per heavy atom. The molecule has 0 bridgehead atoms. The first kappa shape index (κ1) is 13.6. The topological polar surface area (TPSA) is 20.2 Å². The van der Waals surface area contributed by atoms with E-state index in [1.807, 2.05) is 0 Å². The molecule has 0 aromatic heterocycles. The lowest BCUT2D eigenvalue weighted by Gasteiger charge is -2.61. The summed E-state index contributed by atoms with van der Waals surface area (Å²) in [6.07, 6.45) is 7.91. The molecule has 1 heteroatoms. The molecule has 9 unspecified atom stereocenters. The van der Waals surface area contributed by atoms with Crippen LogP contribution in [0, 0.1) is 46.8 Å². The fraction of sp³-hybridized carbons (Fsp3) is 1.00. The maximum absolute atomic E-state index is 11.7. The van der Waals surface area contributed by atoms with Crippen molar-refractivity contribution in [2.75, 3.05) is 0 Å². The van der Waals surface area contributed by atoms with Crippen LogP contribution >= 0.6 is 0 Å². The van der Waals surface area contributed by atoms with Crippen LogP contribution in [0.4, 0.5) is 0 Å². The van der Waals surface area contributed by atoms with E-state index in [0.29, 0.717) is 5.92 Å². The average Bonchev–Trinajstić information content (AvgIpc) is 3.06. The molecule has 0 aromatic carbocycles. The molecule has 0 aromatic rings. The second-order valence-electron chi connectivity index (χ2n) is 9.34. The molecule has 114 valence electrons. The van der Waals surface area contributed by atoms with Gasteiger partial charge in [-0.3, -0.25) is 0 Å². The van der Waals surface area contributed by atoms with Gasteiger partial charge in [-0.05, 0) is 78.9 Å². The van der Waals surface area contributed by atoms with Gasteiger partial charge in [0, 0.05) is 0 Å². The van der Waals surface area contributed by atoms with Crippen LogP contribution in [-0.2, 0) is 0 Å². The fourth-order valence-electron chi connectivity index (χ4n) is 7.20. The standard InChI is InChI=1S/C19H32O/c1-11-5-6-15-14(9-11)16-13(3)17(16)19(20)10-12(2)7-8-18(15,19)4/h11-17,20H,5-10H2,1-4H3. The van der Waals surface area contributed by atoms with E-state index in [0.717, 1.165) is 41.9 Å². The summed E-state index contributed by atoms with van der Waals surface area (Å²) in [5, 5.41) is 11.7. The molecule has 0 spiro atoms. The Kier molecular flexibility index (Phi) is 2.74. The van der Waals surface area contributed by atoms with E-state index in [9.17, 15) is 5.11 Å². The van der Waals surface area contributed by atoms with E-state index in [1.165, 1.54) is 32.1 Å². The van der Waals surface area contributed by atoms with Crippen molar-refractivity contribution >= 4 is 0 Å². The van der Waals surface area contributed by atoms with Gasteiger partial charge in [-0.2, -0.15) is 0 Å². The first-order chi connectivity index (χ1) is 9.38. The summed E-state index contributed by atoms with van der Waals surface area (Å²) < 4.78 is 0. The summed E-state index contributed by atoms with van der Waals surface area (Å²) in [5.74, 6) is 5.64. The number of hydrogen-bond donors (Lipinski definition) is 1. The smallest absolute Gasteiger partial charge is 0.0739 e. The highest BCUT2D eigenvalue weighted by atomic mass is 16.3. The summed E-state index contributed by atoms with van der Waals surface area (Å²) in [4.78, 5) is 0. The second kappa shape index (κ2) is 4.03. The Labute approximate surface area is 124 Å².